The Morgan fingerprint density at radius 3 is 2.70 bits per heavy atom. The molecule has 9 nitrogen and oxygen atoms in total. The molecule has 30 heavy (non-hydrogen) atoms. The fourth-order valence-electron chi connectivity index (χ4n) is 2.74. The van der Waals surface area contributed by atoms with Gasteiger partial charge in [0, 0.05) is 5.69 Å². The van der Waals surface area contributed by atoms with E-state index in [0.29, 0.717) is 21.7 Å². The van der Waals surface area contributed by atoms with Crippen LogP contribution < -0.4 is 15.6 Å². The summed E-state index contributed by atoms with van der Waals surface area (Å²) in [5.74, 6) is 0.0628. The first kappa shape index (κ1) is 20.0. The van der Waals surface area contributed by atoms with Crippen LogP contribution in [-0.2, 0) is 27.9 Å². The van der Waals surface area contributed by atoms with Crippen molar-refractivity contribution in [3.05, 3.63) is 76.5 Å². The minimum atomic E-state index is -3.73. The summed E-state index contributed by atoms with van der Waals surface area (Å²) in [5.41, 5.74) is 0.114. The molecule has 0 bridgehead atoms. The first-order valence-electron chi connectivity index (χ1n) is 8.77. The van der Waals surface area contributed by atoms with E-state index in [4.69, 9.17) is 4.42 Å². The van der Waals surface area contributed by atoms with Crippen molar-refractivity contribution in [2.75, 3.05) is 5.32 Å². The number of hydrogen-bond donors (Lipinski definition) is 2. The van der Waals surface area contributed by atoms with Crippen molar-refractivity contribution in [3.8, 4) is 0 Å². The van der Waals surface area contributed by atoms with E-state index in [-0.39, 0.29) is 23.5 Å². The molecule has 0 unspecified atom stereocenters. The molecule has 0 radical (unpaired) electrons. The summed E-state index contributed by atoms with van der Waals surface area (Å²) in [6.07, 6.45) is 2.80. The number of fused-ring (bicyclic) bond motifs is 1. The Bertz CT molecular complexity index is 1340. The highest BCUT2D eigenvalue weighted by atomic mass is 32.2. The summed E-state index contributed by atoms with van der Waals surface area (Å²) in [6.45, 7) is -0.173. The molecule has 1 amide bonds. The van der Waals surface area contributed by atoms with Gasteiger partial charge in [-0.3, -0.25) is 14.2 Å². The highest BCUT2D eigenvalue weighted by molar-refractivity contribution is 7.89. The monoisotopic (exact) mass is 444 g/mol. The number of hydrogen-bond acceptors (Lipinski definition) is 7. The van der Waals surface area contributed by atoms with E-state index in [0.717, 1.165) is 0 Å². The highest BCUT2D eigenvalue weighted by Gasteiger charge is 2.15. The third-order valence-corrected chi connectivity index (χ3v) is 6.47. The van der Waals surface area contributed by atoms with Crippen molar-refractivity contribution in [3.63, 3.8) is 0 Å². The first-order valence-corrected chi connectivity index (χ1v) is 11.1. The number of rotatable bonds is 7. The molecule has 0 aliphatic heterocycles. The number of carbonyl (C=O) groups is 1. The van der Waals surface area contributed by atoms with Crippen LogP contribution in [0.25, 0.3) is 10.2 Å². The summed E-state index contributed by atoms with van der Waals surface area (Å²) >= 11 is 1.35. The molecule has 4 aromatic rings. The van der Waals surface area contributed by atoms with Gasteiger partial charge in [0.1, 0.15) is 17.1 Å². The minimum absolute atomic E-state index is 0.0328. The maximum Gasteiger partial charge on any atom is 0.262 e. The molecule has 11 heteroatoms. The summed E-state index contributed by atoms with van der Waals surface area (Å²) < 4.78 is 33.4. The fraction of sp³-hybridized carbons (Fsp3) is 0.105. The lowest BCUT2D eigenvalue weighted by Crippen LogP contribution is -2.27. The van der Waals surface area contributed by atoms with Crippen LogP contribution in [0.3, 0.4) is 0 Å². The molecule has 4 rings (SSSR count). The fourth-order valence-corrected chi connectivity index (χ4v) is 4.46. The normalized spacial score (nSPS) is 11.6. The van der Waals surface area contributed by atoms with Crippen molar-refractivity contribution >= 4 is 43.2 Å². The van der Waals surface area contributed by atoms with E-state index < -0.39 is 15.9 Å². The minimum Gasteiger partial charge on any atom is -0.468 e. The molecule has 0 aliphatic rings. The molecule has 0 atom stereocenters. The molecule has 3 heterocycles. The van der Waals surface area contributed by atoms with Crippen molar-refractivity contribution in [2.45, 2.75) is 18.0 Å². The van der Waals surface area contributed by atoms with Crippen LogP contribution in [0.15, 0.2) is 74.5 Å². The number of benzene rings is 1. The van der Waals surface area contributed by atoms with Gasteiger partial charge >= 0.3 is 0 Å². The van der Waals surface area contributed by atoms with Crippen LogP contribution in [-0.4, -0.2) is 23.9 Å². The van der Waals surface area contributed by atoms with Crippen LogP contribution in [0.5, 0.6) is 0 Å². The third-order valence-electron chi connectivity index (χ3n) is 4.23. The van der Waals surface area contributed by atoms with E-state index in [1.807, 2.05) is 0 Å². The van der Waals surface area contributed by atoms with E-state index in [2.05, 4.69) is 15.0 Å². The Labute approximate surface area is 175 Å². The number of furan rings is 1. The summed E-state index contributed by atoms with van der Waals surface area (Å²) in [6, 6.07) is 10.7. The third kappa shape index (κ3) is 4.32. The number of anilines is 1. The average Bonchev–Trinajstić information content (AvgIpc) is 3.41. The first-order chi connectivity index (χ1) is 14.4. The van der Waals surface area contributed by atoms with Gasteiger partial charge in [-0.25, -0.2) is 18.1 Å². The molecule has 0 saturated heterocycles. The Balaban J connectivity index is 1.40. The number of nitrogens with zero attached hydrogens (tertiary/aromatic N) is 2. The number of sulfonamides is 1. The van der Waals surface area contributed by atoms with Gasteiger partial charge in [-0.05, 0) is 47.8 Å². The van der Waals surface area contributed by atoms with Gasteiger partial charge in [0.2, 0.25) is 15.9 Å². The van der Waals surface area contributed by atoms with E-state index in [1.165, 1.54) is 52.8 Å². The second kappa shape index (κ2) is 8.22. The van der Waals surface area contributed by atoms with Gasteiger partial charge in [0.05, 0.1) is 29.4 Å². The van der Waals surface area contributed by atoms with Crippen molar-refractivity contribution < 1.29 is 17.6 Å². The molecule has 1 aromatic carbocycles. The largest absolute Gasteiger partial charge is 0.468 e. The van der Waals surface area contributed by atoms with Crippen LogP contribution in [0, 0.1) is 0 Å². The molecule has 0 fully saturated rings. The second-order valence-corrected chi connectivity index (χ2v) is 8.96. The zero-order chi connectivity index (χ0) is 21.1. The molecule has 0 spiro atoms. The molecule has 0 aliphatic carbocycles. The topological polar surface area (TPSA) is 123 Å². The molecular formula is C19H16N4O5S2. The number of thiophene rings is 1. The lowest BCUT2D eigenvalue weighted by atomic mass is 10.3. The van der Waals surface area contributed by atoms with Crippen molar-refractivity contribution in [1.29, 1.82) is 0 Å². The maximum absolute atomic E-state index is 12.3. The number of carbonyl (C=O) groups excluding carboxylic acids is 1. The van der Waals surface area contributed by atoms with E-state index >= 15 is 0 Å². The van der Waals surface area contributed by atoms with Gasteiger partial charge in [-0.15, -0.1) is 11.3 Å². The summed E-state index contributed by atoms with van der Waals surface area (Å²) in [4.78, 5) is 29.5. The number of nitrogens with one attached hydrogen (secondary N) is 2. The molecule has 0 saturated carbocycles. The average molecular weight is 444 g/mol. The summed E-state index contributed by atoms with van der Waals surface area (Å²) in [7, 11) is -3.73. The lowest BCUT2D eigenvalue weighted by molar-refractivity contribution is -0.116. The van der Waals surface area contributed by atoms with Crippen LogP contribution in [0.1, 0.15) is 5.76 Å². The maximum atomic E-state index is 12.3. The van der Waals surface area contributed by atoms with E-state index in [1.54, 1.807) is 23.6 Å². The van der Waals surface area contributed by atoms with Gasteiger partial charge < -0.3 is 9.73 Å². The van der Waals surface area contributed by atoms with E-state index in [9.17, 15) is 18.0 Å². The van der Waals surface area contributed by atoms with Crippen molar-refractivity contribution in [1.82, 2.24) is 14.3 Å². The Hall–Kier alpha value is -3.28. The van der Waals surface area contributed by atoms with Gasteiger partial charge in [-0.1, -0.05) is 0 Å². The SMILES string of the molecule is O=C(Cn1cnc2sccc2c1=O)Nc1ccc(S(=O)(=O)NCc2ccco2)cc1. The summed E-state index contributed by atoms with van der Waals surface area (Å²) in [5, 5.41) is 4.87. The van der Waals surface area contributed by atoms with Crippen molar-refractivity contribution in [2.24, 2.45) is 0 Å². The quantitative estimate of drug-likeness (QED) is 0.450. The zero-order valence-electron chi connectivity index (χ0n) is 15.4. The Kier molecular flexibility index (Phi) is 5.48. The molecular weight excluding hydrogens is 428 g/mol. The standard InChI is InChI=1S/C19H16N4O5S2/c24-17(11-23-12-20-18-16(19(23)25)7-9-29-18)22-13-3-5-15(6-4-13)30(26,27)21-10-14-2-1-8-28-14/h1-9,12,21H,10-11H2,(H,22,24). The molecule has 3 aromatic heterocycles. The molecule has 2 N–H and O–H groups in total. The number of aromatic nitrogens is 2. The van der Waals surface area contributed by atoms with Gasteiger partial charge in [0.15, 0.2) is 0 Å². The van der Waals surface area contributed by atoms with Gasteiger partial charge in [-0.2, -0.15) is 0 Å². The van der Waals surface area contributed by atoms with Gasteiger partial charge in [0.25, 0.3) is 5.56 Å². The second-order valence-electron chi connectivity index (χ2n) is 6.29. The highest BCUT2D eigenvalue weighted by Crippen LogP contribution is 2.15. The predicted molar refractivity (Wildman–Crippen MR) is 112 cm³/mol. The predicted octanol–water partition coefficient (Wildman–Crippen LogP) is 2.17. The molecule has 154 valence electrons. The smallest absolute Gasteiger partial charge is 0.262 e. The lowest BCUT2D eigenvalue weighted by Gasteiger charge is -2.09. The number of amides is 1. The Morgan fingerprint density at radius 1 is 1.17 bits per heavy atom. The Morgan fingerprint density at radius 2 is 1.97 bits per heavy atom. The zero-order valence-corrected chi connectivity index (χ0v) is 17.1. The van der Waals surface area contributed by atoms with Crippen LogP contribution in [0.2, 0.25) is 0 Å². The van der Waals surface area contributed by atoms with Crippen LogP contribution in [0.4, 0.5) is 5.69 Å². The van der Waals surface area contributed by atoms with Crippen LogP contribution >= 0.6 is 11.3 Å².